The molecule has 1 saturated heterocycles. The van der Waals surface area contributed by atoms with Crippen LogP contribution >= 0.6 is 0 Å². The van der Waals surface area contributed by atoms with Crippen LogP contribution in [0.15, 0.2) is 23.4 Å². The number of primary sulfonamides is 1. The first-order chi connectivity index (χ1) is 8.00. The van der Waals surface area contributed by atoms with Gasteiger partial charge in [0.15, 0.2) is 5.03 Å². The van der Waals surface area contributed by atoms with E-state index < -0.39 is 10.0 Å². The number of amides is 1. The molecule has 1 aliphatic rings. The molecule has 0 bridgehead atoms. The van der Waals surface area contributed by atoms with Gasteiger partial charge in [0.25, 0.3) is 15.9 Å². The van der Waals surface area contributed by atoms with Crippen molar-refractivity contribution in [2.75, 3.05) is 24.7 Å². The van der Waals surface area contributed by atoms with Crippen LogP contribution in [-0.4, -0.2) is 39.1 Å². The third-order valence-electron chi connectivity index (χ3n) is 2.30. The molecule has 2 heterocycles. The predicted molar refractivity (Wildman–Crippen MR) is 58.8 cm³/mol. The number of hydrogen-bond acceptors (Lipinski definition) is 5. The van der Waals surface area contributed by atoms with Crippen molar-refractivity contribution < 1.29 is 17.9 Å². The van der Waals surface area contributed by atoms with Gasteiger partial charge in [-0.1, -0.05) is 0 Å². The summed E-state index contributed by atoms with van der Waals surface area (Å²) in [4.78, 5) is 16.6. The van der Waals surface area contributed by atoms with Crippen LogP contribution in [0.3, 0.4) is 0 Å². The molecule has 7 nitrogen and oxygen atoms in total. The molecule has 8 heteroatoms. The van der Waals surface area contributed by atoms with Crippen molar-refractivity contribution in [3.8, 4) is 0 Å². The molecule has 2 N–H and O–H groups in total. The number of ether oxygens (including phenoxy) is 1. The molecule has 0 aliphatic carbocycles. The Kier molecular flexibility index (Phi) is 3.09. The Balaban J connectivity index is 2.48. The average molecular weight is 257 g/mol. The van der Waals surface area contributed by atoms with Crippen LogP contribution in [0.25, 0.3) is 0 Å². The summed E-state index contributed by atoms with van der Waals surface area (Å²) in [7, 11) is -3.95. The second kappa shape index (κ2) is 4.40. The van der Waals surface area contributed by atoms with E-state index in [0.29, 0.717) is 6.61 Å². The van der Waals surface area contributed by atoms with Gasteiger partial charge in [0.1, 0.15) is 6.61 Å². The zero-order valence-electron chi connectivity index (χ0n) is 8.87. The van der Waals surface area contributed by atoms with E-state index in [4.69, 9.17) is 9.88 Å². The Bertz CT molecular complexity index is 543. The van der Waals surface area contributed by atoms with E-state index in [-0.39, 0.29) is 29.8 Å². The minimum absolute atomic E-state index is 0.0705. The number of aromatic nitrogens is 1. The van der Waals surface area contributed by atoms with Gasteiger partial charge >= 0.3 is 0 Å². The minimum atomic E-state index is -3.95. The second-order valence-corrected chi connectivity index (χ2v) is 4.95. The lowest BCUT2D eigenvalue weighted by Crippen LogP contribution is -2.42. The largest absolute Gasteiger partial charge is 0.370 e. The molecule has 0 unspecified atom stereocenters. The lowest BCUT2D eigenvalue weighted by Gasteiger charge is -2.27. The van der Waals surface area contributed by atoms with E-state index in [9.17, 15) is 13.2 Å². The standard InChI is InChI=1S/C9H11N3O4S/c10-17(14,15)9-7(2-1-3-11-9)12-4-5-16-6-8(12)13/h1-3H,4-6H2,(H2,10,14,15). The number of nitrogens with zero attached hydrogens (tertiary/aromatic N) is 2. The SMILES string of the molecule is NS(=O)(=O)c1ncccc1N1CCOCC1=O. The van der Waals surface area contributed by atoms with Crippen molar-refractivity contribution >= 4 is 21.6 Å². The van der Waals surface area contributed by atoms with Gasteiger partial charge in [-0.3, -0.25) is 4.79 Å². The fraction of sp³-hybridized carbons (Fsp3) is 0.333. The first-order valence-electron chi connectivity index (χ1n) is 4.86. The van der Waals surface area contributed by atoms with Crippen LogP contribution in [0.2, 0.25) is 0 Å². The zero-order valence-corrected chi connectivity index (χ0v) is 9.68. The maximum absolute atomic E-state index is 11.6. The lowest BCUT2D eigenvalue weighted by molar-refractivity contribution is -0.125. The van der Waals surface area contributed by atoms with Crippen LogP contribution in [0.4, 0.5) is 5.69 Å². The molecule has 0 atom stereocenters. The summed E-state index contributed by atoms with van der Waals surface area (Å²) in [6.45, 7) is 0.566. The molecule has 0 aromatic carbocycles. The van der Waals surface area contributed by atoms with Crippen LogP contribution in [0, 0.1) is 0 Å². The highest BCUT2D eigenvalue weighted by atomic mass is 32.2. The van der Waals surface area contributed by atoms with Gasteiger partial charge in [-0.25, -0.2) is 18.5 Å². The molecule has 1 fully saturated rings. The van der Waals surface area contributed by atoms with Gasteiger partial charge in [0, 0.05) is 12.7 Å². The summed E-state index contributed by atoms with van der Waals surface area (Å²) in [6.07, 6.45) is 1.31. The fourth-order valence-corrected chi connectivity index (χ4v) is 2.26. The fourth-order valence-electron chi connectivity index (χ4n) is 1.58. The molecule has 1 amide bonds. The number of carbonyl (C=O) groups is 1. The molecule has 0 radical (unpaired) electrons. The van der Waals surface area contributed by atoms with E-state index in [1.165, 1.54) is 17.2 Å². The second-order valence-electron chi connectivity index (χ2n) is 3.47. The Labute approximate surface area is 98.2 Å². The molecule has 1 aromatic rings. The summed E-state index contributed by atoms with van der Waals surface area (Å²) in [5.41, 5.74) is 0.198. The summed E-state index contributed by atoms with van der Waals surface area (Å²) >= 11 is 0. The normalized spacial score (nSPS) is 17.2. The van der Waals surface area contributed by atoms with Crippen molar-refractivity contribution in [1.29, 1.82) is 0 Å². The summed E-state index contributed by atoms with van der Waals surface area (Å²) in [6, 6.07) is 3.04. The number of hydrogen-bond donors (Lipinski definition) is 1. The monoisotopic (exact) mass is 257 g/mol. The number of sulfonamides is 1. The van der Waals surface area contributed by atoms with Crippen molar-refractivity contribution in [2.45, 2.75) is 5.03 Å². The van der Waals surface area contributed by atoms with Gasteiger partial charge in [0.2, 0.25) is 0 Å². The molecular weight excluding hydrogens is 246 g/mol. The zero-order chi connectivity index (χ0) is 12.5. The summed E-state index contributed by atoms with van der Waals surface area (Å²) in [5, 5.41) is 4.75. The number of morpholine rings is 1. The third-order valence-corrected chi connectivity index (χ3v) is 3.15. The number of carbonyl (C=O) groups excluding carboxylic acids is 1. The van der Waals surface area contributed by atoms with Crippen LogP contribution in [-0.2, 0) is 19.6 Å². The van der Waals surface area contributed by atoms with Crippen molar-refractivity contribution in [3.63, 3.8) is 0 Å². The first-order valence-corrected chi connectivity index (χ1v) is 6.41. The van der Waals surface area contributed by atoms with E-state index in [2.05, 4.69) is 4.98 Å². The summed E-state index contributed by atoms with van der Waals surface area (Å²) < 4.78 is 27.7. The molecule has 17 heavy (non-hydrogen) atoms. The highest BCUT2D eigenvalue weighted by molar-refractivity contribution is 7.89. The van der Waals surface area contributed by atoms with Gasteiger partial charge in [-0.2, -0.15) is 0 Å². The lowest BCUT2D eigenvalue weighted by atomic mass is 10.3. The number of anilines is 1. The van der Waals surface area contributed by atoms with Gasteiger partial charge in [-0.15, -0.1) is 0 Å². The number of pyridine rings is 1. The van der Waals surface area contributed by atoms with Crippen LogP contribution < -0.4 is 10.0 Å². The van der Waals surface area contributed by atoms with E-state index in [1.54, 1.807) is 6.07 Å². The van der Waals surface area contributed by atoms with Gasteiger partial charge < -0.3 is 9.64 Å². The minimum Gasteiger partial charge on any atom is -0.370 e. The van der Waals surface area contributed by atoms with Crippen LogP contribution in [0.1, 0.15) is 0 Å². The number of rotatable bonds is 2. The van der Waals surface area contributed by atoms with Crippen molar-refractivity contribution in [1.82, 2.24) is 4.98 Å². The van der Waals surface area contributed by atoms with E-state index in [1.807, 2.05) is 0 Å². The Morgan fingerprint density at radius 1 is 1.47 bits per heavy atom. The maximum atomic E-state index is 11.6. The molecule has 1 aromatic heterocycles. The van der Waals surface area contributed by atoms with E-state index in [0.717, 1.165) is 0 Å². The molecule has 2 rings (SSSR count). The molecular formula is C9H11N3O4S. The Hall–Kier alpha value is -1.51. The molecule has 0 saturated carbocycles. The quantitative estimate of drug-likeness (QED) is 0.739. The predicted octanol–water partition coefficient (Wildman–Crippen LogP) is -0.908. The third kappa shape index (κ3) is 2.43. The molecule has 0 spiro atoms. The summed E-state index contributed by atoms with van der Waals surface area (Å²) in [5.74, 6) is -0.311. The molecule has 92 valence electrons. The Morgan fingerprint density at radius 3 is 2.88 bits per heavy atom. The van der Waals surface area contributed by atoms with Crippen LogP contribution in [0.5, 0.6) is 0 Å². The highest BCUT2D eigenvalue weighted by Gasteiger charge is 2.26. The van der Waals surface area contributed by atoms with Crippen molar-refractivity contribution in [2.24, 2.45) is 5.14 Å². The number of nitrogens with two attached hydrogens (primary N) is 1. The maximum Gasteiger partial charge on any atom is 0.257 e. The van der Waals surface area contributed by atoms with Gasteiger partial charge in [-0.05, 0) is 12.1 Å². The van der Waals surface area contributed by atoms with E-state index >= 15 is 0 Å². The Morgan fingerprint density at radius 2 is 2.24 bits per heavy atom. The van der Waals surface area contributed by atoms with Gasteiger partial charge in [0.05, 0.1) is 12.3 Å². The first kappa shape index (κ1) is 12.0. The topological polar surface area (TPSA) is 103 Å². The average Bonchev–Trinajstić information content (AvgIpc) is 2.28. The molecule has 1 aliphatic heterocycles. The highest BCUT2D eigenvalue weighted by Crippen LogP contribution is 2.22. The van der Waals surface area contributed by atoms with Crippen molar-refractivity contribution in [3.05, 3.63) is 18.3 Å². The smallest absolute Gasteiger partial charge is 0.257 e.